The monoisotopic (exact) mass is 255 g/mol. The maximum Gasteiger partial charge on any atom is 0.280 e. The normalized spacial score (nSPS) is 12.8. The fourth-order valence-corrected chi connectivity index (χ4v) is 1.49. The number of rotatable bonds is 4. The van der Waals surface area contributed by atoms with E-state index in [1.807, 2.05) is 0 Å². The lowest BCUT2D eigenvalue weighted by molar-refractivity contribution is -0.111. The van der Waals surface area contributed by atoms with Gasteiger partial charge in [0.15, 0.2) is 5.52 Å². The van der Waals surface area contributed by atoms with E-state index in [-0.39, 0.29) is 30.1 Å². The Bertz CT molecular complexity index is 619. The quantitative estimate of drug-likeness (QED) is 0.470. The molecule has 2 rings (SSSR count). The number of hydrogen-bond acceptors (Lipinski definition) is 7. The third-order valence-electron chi connectivity index (χ3n) is 2.26. The van der Waals surface area contributed by atoms with Gasteiger partial charge in [-0.1, -0.05) is 0 Å². The van der Waals surface area contributed by atoms with E-state index in [1.165, 1.54) is 0 Å². The zero-order valence-electron chi connectivity index (χ0n) is 9.62. The average molecular weight is 255 g/mol. The maximum atomic E-state index is 11.6. The van der Waals surface area contributed by atoms with Crippen molar-refractivity contribution in [2.24, 2.45) is 0 Å². The highest BCUT2D eigenvalue weighted by Gasteiger charge is 2.16. The molecule has 2 aromatic rings. The zero-order valence-corrected chi connectivity index (χ0v) is 9.62. The van der Waals surface area contributed by atoms with Gasteiger partial charge in [-0.05, 0) is 6.92 Å². The number of nitrogens with zero attached hydrogens (tertiary/aromatic N) is 3. The maximum absolute atomic E-state index is 11.6. The molecule has 1 unspecified atom stereocenters. The van der Waals surface area contributed by atoms with Crippen LogP contribution in [0, 0.1) is 6.92 Å². The van der Waals surface area contributed by atoms with Crippen LogP contribution < -0.4 is 16.1 Å². The first kappa shape index (κ1) is 12.3. The van der Waals surface area contributed by atoms with Gasteiger partial charge >= 0.3 is 0 Å². The van der Waals surface area contributed by atoms with Crippen molar-refractivity contribution in [1.29, 1.82) is 0 Å². The minimum atomic E-state index is -1.23. The number of H-pyrrole nitrogens is 1. The lowest BCUT2D eigenvalue weighted by Crippen LogP contribution is -2.27. The lowest BCUT2D eigenvalue weighted by atomic mass is 10.4. The number of hydrogen-bond donors (Lipinski definition) is 4. The first-order valence-corrected chi connectivity index (χ1v) is 5.24. The molecule has 98 valence electrons. The highest BCUT2D eigenvalue weighted by atomic mass is 16.7. The fourth-order valence-electron chi connectivity index (χ4n) is 1.49. The summed E-state index contributed by atoms with van der Waals surface area (Å²) >= 11 is 0. The number of aliphatic hydroxyl groups is 2. The van der Waals surface area contributed by atoms with E-state index < -0.39 is 11.8 Å². The van der Waals surface area contributed by atoms with Crippen LogP contribution in [0.5, 0.6) is 0 Å². The van der Waals surface area contributed by atoms with E-state index in [9.17, 15) is 9.90 Å². The summed E-state index contributed by atoms with van der Waals surface area (Å²) in [5, 5.41) is 18.1. The molecule has 0 spiro atoms. The third-order valence-corrected chi connectivity index (χ3v) is 2.26. The van der Waals surface area contributed by atoms with E-state index in [1.54, 1.807) is 6.92 Å². The third kappa shape index (κ3) is 2.13. The smallest absolute Gasteiger partial charge is 0.280 e. The Labute approximate surface area is 101 Å². The largest absolute Gasteiger partial charge is 0.396 e. The van der Waals surface area contributed by atoms with E-state index >= 15 is 0 Å². The Kier molecular flexibility index (Phi) is 3.17. The van der Waals surface area contributed by atoms with Gasteiger partial charge < -0.3 is 20.8 Å². The van der Waals surface area contributed by atoms with Crippen LogP contribution in [-0.4, -0.2) is 42.8 Å². The van der Waals surface area contributed by atoms with E-state index in [0.29, 0.717) is 5.82 Å². The summed E-state index contributed by atoms with van der Waals surface area (Å²) in [7, 11) is 0. The van der Waals surface area contributed by atoms with Gasteiger partial charge in [0.05, 0.1) is 0 Å². The van der Waals surface area contributed by atoms with Crippen molar-refractivity contribution in [3.63, 3.8) is 0 Å². The predicted molar refractivity (Wildman–Crippen MR) is 61.6 cm³/mol. The summed E-state index contributed by atoms with van der Waals surface area (Å²) in [6.45, 7) is 1.35. The highest BCUT2D eigenvalue weighted by molar-refractivity contribution is 5.70. The number of nitrogen functional groups attached to an aromatic ring is 1. The number of nitrogens with two attached hydrogens (primary N) is 1. The molecule has 5 N–H and O–H groups in total. The van der Waals surface area contributed by atoms with Gasteiger partial charge in [-0.25, -0.2) is 4.98 Å². The molecular formula is C9H13N5O4. The van der Waals surface area contributed by atoms with Gasteiger partial charge in [-0.2, -0.15) is 4.98 Å². The standard InChI is InChI=1S/C9H13N5O4/c1-4-11-6-7(12-9(10)13-8(6)17)14(4)18-5(16)2-3-15/h5,15-16H,2-3H2,1H3,(H3,10,12,13,17). The Morgan fingerprint density at radius 2 is 2.28 bits per heavy atom. The van der Waals surface area contributed by atoms with Gasteiger partial charge in [0, 0.05) is 13.0 Å². The van der Waals surface area contributed by atoms with Crippen molar-refractivity contribution in [2.45, 2.75) is 19.6 Å². The molecule has 2 aromatic heterocycles. The van der Waals surface area contributed by atoms with Gasteiger partial charge in [0.1, 0.15) is 5.82 Å². The number of anilines is 1. The summed E-state index contributed by atoms with van der Waals surface area (Å²) in [6, 6.07) is 0. The Balaban J connectivity index is 2.50. The first-order valence-electron chi connectivity index (χ1n) is 5.24. The Morgan fingerprint density at radius 1 is 1.56 bits per heavy atom. The second-order valence-electron chi connectivity index (χ2n) is 3.65. The lowest BCUT2D eigenvalue weighted by Gasteiger charge is -2.13. The van der Waals surface area contributed by atoms with Crippen LogP contribution in [0.1, 0.15) is 12.2 Å². The van der Waals surface area contributed by atoms with Crippen LogP contribution in [0.2, 0.25) is 0 Å². The minimum Gasteiger partial charge on any atom is -0.396 e. The van der Waals surface area contributed by atoms with Gasteiger partial charge in [-0.3, -0.25) is 9.78 Å². The van der Waals surface area contributed by atoms with Crippen LogP contribution in [-0.2, 0) is 0 Å². The second kappa shape index (κ2) is 4.63. The molecule has 1 atom stereocenters. The van der Waals surface area contributed by atoms with Crippen molar-refractivity contribution < 1.29 is 15.1 Å². The Morgan fingerprint density at radius 3 is 2.94 bits per heavy atom. The highest BCUT2D eigenvalue weighted by Crippen LogP contribution is 2.09. The number of aryl methyl sites for hydroxylation is 1. The number of aromatic nitrogens is 4. The summed E-state index contributed by atoms with van der Waals surface area (Å²) in [5.74, 6) is 0.263. The molecule has 0 aliphatic heterocycles. The number of nitrogens with one attached hydrogen (secondary N) is 1. The van der Waals surface area contributed by atoms with Crippen LogP contribution >= 0.6 is 0 Å². The molecule has 18 heavy (non-hydrogen) atoms. The number of fused-ring (bicyclic) bond motifs is 1. The van der Waals surface area contributed by atoms with Crippen molar-refractivity contribution >= 4 is 17.1 Å². The second-order valence-corrected chi connectivity index (χ2v) is 3.65. The minimum absolute atomic E-state index is 0.0256. The van der Waals surface area contributed by atoms with Crippen LogP contribution in [0.3, 0.4) is 0 Å². The molecule has 0 aliphatic rings. The van der Waals surface area contributed by atoms with Crippen LogP contribution in [0.4, 0.5) is 5.95 Å². The van der Waals surface area contributed by atoms with Gasteiger partial charge in [-0.15, -0.1) is 4.73 Å². The Hall–Kier alpha value is -2.13. The summed E-state index contributed by atoms with van der Waals surface area (Å²) in [6.07, 6.45) is -1.20. The molecule has 0 radical (unpaired) electrons. The van der Waals surface area contributed by atoms with Crippen molar-refractivity contribution in [3.05, 3.63) is 16.2 Å². The average Bonchev–Trinajstić information content (AvgIpc) is 2.58. The predicted octanol–water partition coefficient (Wildman–Crippen LogP) is -1.86. The van der Waals surface area contributed by atoms with Crippen LogP contribution in [0.25, 0.3) is 11.2 Å². The van der Waals surface area contributed by atoms with E-state index in [0.717, 1.165) is 4.73 Å². The molecule has 0 saturated carbocycles. The molecule has 0 aliphatic carbocycles. The molecule has 2 heterocycles. The number of aromatic amines is 1. The van der Waals surface area contributed by atoms with Crippen molar-refractivity contribution in [2.75, 3.05) is 12.3 Å². The van der Waals surface area contributed by atoms with Crippen molar-refractivity contribution in [3.8, 4) is 0 Å². The molecule has 0 bridgehead atoms. The molecular weight excluding hydrogens is 242 g/mol. The molecule has 0 aromatic carbocycles. The van der Waals surface area contributed by atoms with Crippen molar-refractivity contribution in [1.82, 2.24) is 19.7 Å². The van der Waals surface area contributed by atoms with E-state index in [2.05, 4.69) is 15.0 Å². The van der Waals surface area contributed by atoms with Crippen LogP contribution in [0.15, 0.2) is 4.79 Å². The van der Waals surface area contributed by atoms with Gasteiger partial charge in [0.25, 0.3) is 5.56 Å². The molecule has 0 amide bonds. The van der Waals surface area contributed by atoms with E-state index in [4.69, 9.17) is 15.7 Å². The SMILES string of the molecule is Cc1nc2c(=O)[nH]c(N)nc2n1OC(O)CCO. The molecule has 0 fully saturated rings. The number of imidazole rings is 1. The number of aliphatic hydroxyl groups excluding tert-OH is 2. The fraction of sp³-hybridized carbons (Fsp3) is 0.444. The molecule has 9 heteroatoms. The first-order chi connectivity index (χ1) is 8.52. The summed E-state index contributed by atoms with van der Waals surface area (Å²) < 4.78 is 1.11. The molecule has 0 saturated heterocycles. The zero-order chi connectivity index (χ0) is 13.3. The summed E-state index contributed by atoms with van der Waals surface area (Å²) in [5.41, 5.74) is 5.12. The topological polar surface area (TPSA) is 139 Å². The van der Waals surface area contributed by atoms with Gasteiger partial charge in [0.2, 0.25) is 17.9 Å². The molecule has 9 nitrogen and oxygen atoms in total. The summed E-state index contributed by atoms with van der Waals surface area (Å²) in [4.78, 5) is 26.9.